The van der Waals surface area contributed by atoms with E-state index >= 15 is 4.39 Å². The van der Waals surface area contributed by atoms with Gasteiger partial charge in [0.15, 0.2) is 5.82 Å². The third-order valence-electron chi connectivity index (χ3n) is 10.0. The van der Waals surface area contributed by atoms with Gasteiger partial charge >= 0.3 is 6.01 Å². The van der Waals surface area contributed by atoms with Crippen LogP contribution in [0.25, 0.3) is 32.9 Å². The van der Waals surface area contributed by atoms with Crippen molar-refractivity contribution >= 4 is 27.5 Å². The number of fused-ring (bicyclic) bond motifs is 5. The number of hydrogen-bond donors (Lipinski definition) is 2. The molecule has 4 saturated heterocycles. The van der Waals surface area contributed by atoms with Crippen molar-refractivity contribution in [2.45, 2.75) is 49.7 Å². The minimum atomic E-state index is -1.65. The average molecular weight is 631 g/mol. The molecule has 0 saturated carbocycles. The molecular weight excluding hydrogens is 600 g/mol. The van der Waals surface area contributed by atoms with Gasteiger partial charge < -0.3 is 20.1 Å². The molecule has 4 aliphatic heterocycles. The molecule has 4 aliphatic rings. The van der Waals surface area contributed by atoms with Crippen LogP contribution in [0.4, 0.5) is 23.4 Å². The van der Waals surface area contributed by atoms with Crippen molar-refractivity contribution in [2.24, 2.45) is 0 Å². The van der Waals surface area contributed by atoms with Gasteiger partial charge in [0.25, 0.3) is 6.08 Å². The molecule has 3 atom stereocenters. The van der Waals surface area contributed by atoms with Crippen molar-refractivity contribution in [3.05, 3.63) is 59.3 Å². The first-order chi connectivity index (χ1) is 22.2. The highest BCUT2D eigenvalue weighted by Crippen LogP contribution is 2.44. The van der Waals surface area contributed by atoms with E-state index in [1.165, 1.54) is 30.5 Å². The predicted octanol–water partition coefficient (Wildman–Crippen LogP) is 5.52. The first-order valence-corrected chi connectivity index (χ1v) is 15.4. The third kappa shape index (κ3) is 4.63. The number of aromatic nitrogens is 3. The van der Waals surface area contributed by atoms with Crippen molar-refractivity contribution in [1.29, 1.82) is 0 Å². The maximum Gasteiger partial charge on any atom is 0.319 e. The predicted molar refractivity (Wildman–Crippen MR) is 165 cm³/mol. The van der Waals surface area contributed by atoms with E-state index in [0.717, 1.165) is 19.3 Å². The third-order valence-corrected chi connectivity index (χ3v) is 10.0. The van der Waals surface area contributed by atoms with Crippen molar-refractivity contribution < 1.29 is 27.4 Å². The van der Waals surface area contributed by atoms with Crippen LogP contribution in [0, 0.1) is 24.0 Å². The summed E-state index contributed by atoms with van der Waals surface area (Å²) in [5.74, 6) is 1.18. The van der Waals surface area contributed by atoms with Crippen molar-refractivity contribution in [3.8, 4) is 35.4 Å². The van der Waals surface area contributed by atoms with Crippen LogP contribution in [0.5, 0.6) is 11.8 Å². The summed E-state index contributed by atoms with van der Waals surface area (Å²) in [5.41, 5.74) is -0.688. The number of phenols is 1. The number of rotatable bonds is 5. The first kappa shape index (κ1) is 29.0. The lowest BCUT2D eigenvalue weighted by Crippen LogP contribution is -2.51. The molecule has 1 unspecified atom stereocenters. The normalized spacial score (nSPS) is 24.2. The standard InChI is InChI=1S/C34H30F4N6O2/c1-2-23-26(35)7-4-18-10-22(45)11-24(27(18)23)29-28(36)30-25(13-39-29)32(43-15-20-5-6-21(16-43)40-20)42-33(41-30)46-17-34-8-3-9-44(34)14-19(12-34)31(37)38/h1,4,7,10-11,13,20-21,40,45H,3,5-6,8-9,12,14-17H2/t20-,21+,34?. The minimum Gasteiger partial charge on any atom is -0.508 e. The van der Waals surface area contributed by atoms with Gasteiger partial charge in [-0.2, -0.15) is 18.7 Å². The number of anilines is 1. The summed E-state index contributed by atoms with van der Waals surface area (Å²) in [5, 5.41) is 15.1. The second-order valence-corrected chi connectivity index (χ2v) is 12.8. The summed E-state index contributed by atoms with van der Waals surface area (Å²) >= 11 is 0. The molecule has 8 rings (SSSR count). The Morgan fingerprint density at radius 2 is 1.96 bits per heavy atom. The Morgan fingerprint density at radius 1 is 1.15 bits per heavy atom. The SMILES string of the molecule is C#Cc1c(F)ccc2cc(O)cc(-c3ncc4c(N5C[C@H]6CC[C@@H](C5)N6)nc(OCC56CCCN5CC(=C(F)F)C6)nc4c3F)c12. The van der Waals surface area contributed by atoms with Crippen LogP contribution in [0.2, 0.25) is 0 Å². The van der Waals surface area contributed by atoms with E-state index in [-0.39, 0.29) is 76.7 Å². The summed E-state index contributed by atoms with van der Waals surface area (Å²) in [6.07, 6.45) is 9.27. The topological polar surface area (TPSA) is 86.6 Å². The number of nitrogens with zero attached hydrogens (tertiary/aromatic N) is 5. The molecule has 12 heteroatoms. The Kier molecular flexibility index (Phi) is 6.81. The van der Waals surface area contributed by atoms with Gasteiger partial charge in [0.1, 0.15) is 35.2 Å². The number of terminal acetylenes is 1. The maximum absolute atomic E-state index is 16.8. The zero-order valence-electron chi connectivity index (χ0n) is 24.8. The summed E-state index contributed by atoms with van der Waals surface area (Å²) < 4.78 is 64.9. The van der Waals surface area contributed by atoms with Crippen LogP contribution in [0.15, 0.2) is 42.1 Å². The molecule has 0 amide bonds. The average Bonchev–Trinajstić information content (AvgIpc) is 3.71. The molecule has 46 heavy (non-hydrogen) atoms. The van der Waals surface area contributed by atoms with Crippen LogP contribution < -0.4 is 15.0 Å². The van der Waals surface area contributed by atoms with Gasteiger partial charge in [0.2, 0.25) is 0 Å². The number of halogens is 4. The van der Waals surface area contributed by atoms with Gasteiger partial charge in [0.05, 0.1) is 16.5 Å². The Balaban J connectivity index is 1.26. The quantitative estimate of drug-likeness (QED) is 0.220. The fraction of sp³-hybridized carbons (Fsp3) is 0.382. The molecule has 4 aromatic rings. The van der Waals surface area contributed by atoms with E-state index in [2.05, 4.69) is 26.1 Å². The first-order valence-electron chi connectivity index (χ1n) is 15.4. The monoisotopic (exact) mass is 630 g/mol. The maximum atomic E-state index is 16.8. The zero-order valence-corrected chi connectivity index (χ0v) is 24.8. The van der Waals surface area contributed by atoms with Crippen LogP contribution in [0.1, 0.15) is 37.7 Å². The molecule has 2 bridgehead atoms. The van der Waals surface area contributed by atoms with Gasteiger partial charge in [-0.25, -0.2) is 8.78 Å². The number of piperazine rings is 1. The lowest BCUT2D eigenvalue weighted by molar-refractivity contribution is 0.108. The summed E-state index contributed by atoms with van der Waals surface area (Å²) in [6, 6.07) is 5.83. The highest BCUT2D eigenvalue weighted by Gasteiger charge is 2.48. The lowest BCUT2D eigenvalue weighted by atomic mass is 9.94. The van der Waals surface area contributed by atoms with E-state index < -0.39 is 23.3 Å². The molecule has 236 valence electrons. The number of nitrogens with one attached hydrogen (secondary N) is 1. The Bertz CT molecular complexity index is 1980. The second kappa shape index (κ2) is 10.8. The van der Waals surface area contributed by atoms with E-state index in [1.807, 2.05) is 4.90 Å². The molecular formula is C34H30F4N6O2. The Morgan fingerprint density at radius 3 is 2.72 bits per heavy atom. The number of hydrogen-bond acceptors (Lipinski definition) is 8. The molecule has 0 radical (unpaired) electrons. The van der Waals surface area contributed by atoms with Crippen LogP contribution in [-0.4, -0.2) is 75.4 Å². The van der Waals surface area contributed by atoms with Crippen LogP contribution in [0.3, 0.4) is 0 Å². The minimum absolute atomic E-state index is 0.0615. The molecule has 0 spiro atoms. The van der Waals surface area contributed by atoms with Crippen molar-refractivity contribution in [2.75, 3.05) is 37.7 Å². The molecule has 2 aromatic heterocycles. The number of phenolic OH excluding ortho intramolecular Hbond substituents is 1. The van der Waals surface area contributed by atoms with Crippen molar-refractivity contribution in [3.63, 3.8) is 0 Å². The largest absolute Gasteiger partial charge is 0.508 e. The molecule has 0 aliphatic carbocycles. The number of benzene rings is 2. The van der Waals surface area contributed by atoms with E-state index in [1.54, 1.807) is 0 Å². The van der Waals surface area contributed by atoms with Gasteiger partial charge in [-0.15, -0.1) is 6.42 Å². The van der Waals surface area contributed by atoms with E-state index in [4.69, 9.17) is 16.1 Å². The van der Waals surface area contributed by atoms with E-state index in [0.29, 0.717) is 42.6 Å². The van der Waals surface area contributed by atoms with Gasteiger partial charge in [0, 0.05) is 54.4 Å². The van der Waals surface area contributed by atoms with Crippen LogP contribution in [-0.2, 0) is 0 Å². The number of ether oxygens (including phenoxy) is 1. The Hall–Kier alpha value is -4.47. The Labute approximate surface area is 262 Å². The molecule has 2 aromatic carbocycles. The van der Waals surface area contributed by atoms with Gasteiger partial charge in [-0.1, -0.05) is 12.0 Å². The highest BCUT2D eigenvalue weighted by molar-refractivity contribution is 6.03. The van der Waals surface area contributed by atoms with Gasteiger partial charge in [-0.3, -0.25) is 9.88 Å². The smallest absolute Gasteiger partial charge is 0.319 e. The highest BCUT2D eigenvalue weighted by atomic mass is 19.3. The fourth-order valence-corrected chi connectivity index (χ4v) is 7.90. The van der Waals surface area contributed by atoms with E-state index in [9.17, 15) is 18.3 Å². The molecule has 8 nitrogen and oxygen atoms in total. The molecule has 4 fully saturated rings. The number of pyridine rings is 1. The second-order valence-electron chi connectivity index (χ2n) is 12.8. The molecule has 6 heterocycles. The fourth-order valence-electron chi connectivity index (χ4n) is 7.90. The van der Waals surface area contributed by atoms with Crippen LogP contribution >= 0.6 is 0 Å². The summed E-state index contributed by atoms with van der Waals surface area (Å²) in [4.78, 5) is 17.8. The summed E-state index contributed by atoms with van der Waals surface area (Å²) in [7, 11) is 0. The summed E-state index contributed by atoms with van der Waals surface area (Å²) in [6.45, 7) is 2.25. The van der Waals surface area contributed by atoms with Crippen molar-refractivity contribution in [1.82, 2.24) is 25.2 Å². The number of aromatic hydroxyl groups is 1. The van der Waals surface area contributed by atoms with Gasteiger partial charge in [-0.05, 0) is 62.2 Å². The lowest BCUT2D eigenvalue weighted by Gasteiger charge is -2.34. The molecule has 2 N–H and O–H groups in total. The zero-order chi connectivity index (χ0) is 31.7.